The molecule has 0 spiro atoms. The summed E-state index contributed by atoms with van der Waals surface area (Å²) < 4.78 is 5.42. The predicted octanol–water partition coefficient (Wildman–Crippen LogP) is 5.54. The molecule has 4 rings (SSSR count). The third-order valence-corrected chi connectivity index (χ3v) is 6.24. The van der Waals surface area contributed by atoms with Gasteiger partial charge in [-0.05, 0) is 61.6 Å². The Balaban J connectivity index is 1.40. The van der Waals surface area contributed by atoms with Crippen molar-refractivity contribution in [1.29, 1.82) is 0 Å². The summed E-state index contributed by atoms with van der Waals surface area (Å²) in [6, 6.07) is 21.0. The first kappa shape index (κ1) is 19.4. The van der Waals surface area contributed by atoms with Crippen molar-refractivity contribution in [3.8, 4) is 0 Å². The number of carbonyl (C=O) groups excluding carboxylic acids is 2. The van der Waals surface area contributed by atoms with Gasteiger partial charge in [0.25, 0.3) is 0 Å². The molecule has 0 saturated heterocycles. The zero-order valence-electron chi connectivity index (χ0n) is 16.2. The van der Waals surface area contributed by atoms with Crippen LogP contribution in [-0.2, 0) is 22.4 Å². The molecule has 0 fully saturated rings. The Hall–Kier alpha value is -2.92. The molecule has 148 valence electrons. The van der Waals surface area contributed by atoms with Crippen molar-refractivity contribution in [2.75, 3.05) is 11.5 Å². The summed E-state index contributed by atoms with van der Waals surface area (Å²) in [6.07, 6.45) is 4.59. The Labute approximate surface area is 174 Å². The summed E-state index contributed by atoms with van der Waals surface area (Å²) in [6.45, 7) is 0.0659. The molecule has 0 unspecified atom stereocenters. The number of rotatable bonds is 6. The van der Waals surface area contributed by atoms with Crippen LogP contribution in [0.25, 0.3) is 0 Å². The van der Waals surface area contributed by atoms with E-state index in [1.807, 2.05) is 66.7 Å². The number of ether oxygens (including phenoxy) is 1. The molecule has 2 aromatic carbocycles. The number of carbonyl (C=O) groups is 2. The third-order valence-electron chi connectivity index (χ3n) is 5.03. The van der Waals surface area contributed by atoms with E-state index in [0.717, 1.165) is 24.2 Å². The van der Waals surface area contributed by atoms with Crippen molar-refractivity contribution in [2.24, 2.45) is 0 Å². The first-order valence-corrected chi connectivity index (χ1v) is 10.8. The molecule has 1 heterocycles. The summed E-state index contributed by atoms with van der Waals surface area (Å²) in [5, 5.41) is 0. The molecule has 29 heavy (non-hydrogen) atoms. The minimum absolute atomic E-state index is 0.0659. The third kappa shape index (κ3) is 4.57. The number of benzene rings is 2. The van der Waals surface area contributed by atoms with E-state index >= 15 is 0 Å². The lowest BCUT2D eigenvalue weighted by Gasteiger charge is -2.23. The number of anilines is 2. The number of aryl methyl sites for hydroxylation is 2. The molecule has 0 atom stereocenters. The molecule has 0 bridgehead atoms. The van der Waals surface area contributed by atoms with E-state index < -0.39 is 0 Å². The number of thiophene rings is 1. The molecule has 1 aromatic heterocycles. The summed E-state index contributed by atoms with van der Waals surface area (Å²) in [7, 11) is 0. The van der Waals surface area contributed by atoms with Crippen LogP contribution in [0, 0.1) is 0 Å². The van der Waals surface area contributed by atoms with Crippen LogP contribution in [0.3, 0.4) is 0 Å². The quantitative estimate of drug-likeness (QED) is 0.506. The lowest BCUT2D eigenvalue weighted by atomic mass is 9.99. The van der Waals surface area contributed by atoms with Crippen LogP contribution >= 0.6 is 11.3 Å². The minimum Gasteiger partial charge on any atom is -0.461 e. The zero-order chi connectivity index (χ0) is 20.1. The van der Waals surface area contributed by atoms with Crippen molar-refractivity contribution in [1.82, 2.24) is 0 Å². The second-order valence-electron chi connectivity index (χ2n) is 7.05. The van der Waals surface area contributed by atoms with Gasteiger partial charge in [0, 0.05) is 16.3 Å². The number of para-hydroxylation sites is 2. The molecule has 0 saturated carbocycles. The molecule has 3 aromatic rings. The molecule has 1 aliphatic carbocycles. The van der Waals surface area contributed by atoms with E-state index in [1.165, 1.54) is 34.6 Å². The smallest absolute Gasteiger partial charge is 0.348 e. The Morgan fingerprint density at radius 2 is 1.52 bits per heavy atom. The molecule has 1 aliphatic rings. The van der Waals surface area contributed by atoms with Gasteiger partial charge in [-0.1, -0.05) is 36.4 Å². The predicted molar refractivity (Wildman–Crippen MR) is 116 cm³/mol. The van der Waals surface area contributed by atoms with Crippen LogP contribution < -0.4 is 4.90 Å². The number of amides is 1. The van der Waals surface area contributed by atoms with Gasteiger partial charge in [0.1, 0.15) is 11.5 Å². The molecule has 5 heteroatoms. The highest BCUT2D eigenvalue weighted by Crippen LogP contribution is 2.30. The van der Waals surface area contributed by atoms with Gasteiger partial charge in [-0.2, -0.15) is 0 Å². The van der Waals surface area contributed by atoms with Gasteiger partial charge in [0.2, 0.25) is 5.91 Å². The van der Waals surface area contributed by atoms with Crippen molar-refractivity contribution in [3.05, 3.63) is 82.0 Å². The Bertz CT molecular complexity index is 919. The van der Waals surface area contributed by atoms with Crippen LogP contribution in [0.2, 0.25) is 0 Å². The molecule has 0 aliphatic heterocycles. The fraction of sp³-hybridized carbons (Fsp3) is 0.250. The van der Waals surface area contributed by atoms with Crippen LogP contribution in [0.15, 0.2) is 66.7 Å². The van der Waals surface area contributed by atoms with E-state index in [0.29, 0.717) is 4.88 Å². The van der Waals surface area contributed by atoms with Gasteiger partial charge >= 0.3 is 5.97 Å². The summed E-state index contributed by atoms with van der Waals surface area (Å²) in [5.41, 5.74) is 2.87. The van der Waals surface area contributed by atoms with Crippen molar-refractivity contribution >= 4 is 34.6 Å². The maximum absolute atomic E-state index is 13.0. The Morgan fingerprint density at radius 1 is 0.897 bits per heavy atom. The number of fused-ring (bicyclic) bond motifs is 1. The first-order valence-electron chi connectivity index (χ1n) is 9.94. The lowest BCUT2D eigenvalue weighted by Crippen LogP contribution is -2.27. The largest absolute Gasteiger partial charge is 0.461 e. The van der Waals surface area contributed by atoms with Crippen LogP contribution in [0.4, 0.5) is 11.4 Å². The van der Waals surface area contributed by atoms with Crippen LogP contribution in [0.5, 0.6) is 0 Å². The number of nitrogens with zero attached hydrogens (tertiary/aromatic N) is 1. The topological polar surface area (TPSA) is 46.6 Å². The molecule has 1 amide bonds. The van der Waals surface area contributed by atoms with E-state index in [4.69, 9.17) is 4.74 Å². The average molecular weight is 406 g/mol. The van der Waals surface area contributed by atoms with E-state index in [1.54, 1.807) is 4.90 Å². The van der Waals surface area contributed by atoms with Crippen molar-refractivity contribution < 1.29 is 14.3 Å². The highest BCUT2D eigenvalue weighted by atomic mass is 32.1. The van der Waals surface area contributed by atoms with Crippen LogP contribution in [0.1, 0.15) is 39.4 Å². The normalized spacial score (nSPS) is 12.8. The van der Waals surface area contributed by atoms with Gasteiger partial charge in [-0.3, -0.25) is 9.69 Å². The number of hydrogen-bond acceptors (Lipinski definition) is 4. The lowest BCUT2D eigenvalue weighted by molar-refractivity contribution is -0.118. The standard InChI is InChI=1S/C24H23NO3S/c26-23(25(19-10-3-1-4-11-19)20-12-5-2-6-13-20)15-16-28-24(27)22-17-18-9-7-8-14-21(18)29-22/h1-6,10-13,17H,7-9,14-16H2. The van der Waals surface area contributed by atoms with Gasteiger partial charge in [-0.15, -0.1) is 11.3 Å². The second-order valence-corrected chi connectivity index (χ2v) is 8.19. The van der Waals surface area contributed by atoms with Gasteiger partial charge < -0.3 is 4.74 Å². The SMILES string of the molecule is O=C(OCCC(=O)N(c1ccccc1)c1ccccc1)c1cc2c(s1)CCCC2. The summed E-state index contributed by atoms with van der Waals surface area (Å²) >= 11 is 1.53. The number of hydrogen-bond donors (Lipinski definition) is 0. The second kappa shape index (κ2) is 9.05. The fourth-order valence-corrected chi connectivity index (χ4v) is 4.74. The summed E-state index contributed by atoms with van der Waals surface area (Å²) in [4.78, 5) is 29.0. The van der Waals surface area contributed by atoms with E-state index in [9.17, 15) is 9.59 Å². The first-order chi connectivity index (χ1) is 14.2. The minimum atomic E-state index is -0.330. The van der Waals surface area contributed by atoms with Gasteiger partial charge in [-0.25, -0.2) is 4.79 Å². The molecule has 0 N–H and O–H groups in total. The van der Waals surface area contributed by atoms with Crippen molar-refractivity contribution in [2.45, 2.75) is 32.1 Å². The molecular formula is C24H23NO3S. The van der Waals surface area contributed by atoms with Crippen LogP contribution in [-0.4, -0.2) is 18.5 Å². The highest BCUT2D eigenvalue weighted by molar-refractivity contribution is 7.14. The van der Waals surface area contributed by atoms with E-state index in [-0.39, 0.29) is 24.9 Å². The Kier molecular flexibility index (Phi) is 6.06. The molecular weight excluding hydrogens is 382 g/mol. The maximum Gasteiger partial charge on any atom is 0.348 e. The van der Waals surface area contributed by atoms with Crippen molar-refractivity contribution in [3.63, 3.8) is 0 Å². The van der Waals surface area contributed by atoms with Gasteiger partial charge in [0.15, 0.2) is 0 Å². The highest BCUT2D eigenvalue weighted by Gasteiger charge is 2.20. The molecule has 0 radical (unpaired) electrons. The monoisotopic (exact) mass is 405 g/mol. The average Bonchev–Trinajstić information content (AvgIpc) is 3.20. The van der Waals surface area contributed by atoms with E-state index in [2.05, 4.69) is 0 Å². The van der Waals surface area contributed by atoms with Gasteiger partial charge in [0.05, 0.1) is 6.42 Å². The Morgan fingerprint density at radius 3 is 2.14 bits per heavy atom. The number of esters is 1. The zero-order valence-corrected chi connectivity index (χ0v) is 17.0. The fourth-order valence-electron chi connectivity index (χ4n) is 3.60. The molecule has 4 nitrogen and oxygen atoms in total. The summed E-state index contributed by atoms with van der Waals surface area (Å²) in [5.74, 6) is -0.441. The maximum atomic E-state index is 13.0.